The van der Waals surface area contributed by atoms with E-state index in [4.69, 9.17) is 10.1 Å². The summed E-state index contributed by atoms with van der Waals surface area (Å²) in [7, 11) is 0. The van der Waals surface area contributed by atoms with Crippen LogP contribution in [0.1, 0.15) is 57.1 Å². The van der Waals surface area contributed by atoms with Crippen LogP contribution >= 0.6 is 0 Å². The summed E-state index contributed by atoms with van der Waals surface area (Å²) in [6.45, 7) is 7.99. The minimum absolute atomic E-state index is 0.0780. The van der Waals surface area contributed by atoms with Gasteiger partial charge in [0, 0.05) is 25.1 Å². The number of amides is 2. The lowest BCUT2D eigenvalue weighted by atomic mass is 10.1. The number of fused-ring (bicyclic) bond motifs is 1. The third kappa shape index (κ3) is 5.97. The number of alkyl carbamates (subject to hydrolysis) is 1. The van der Waals surface area contributed by atoms with E-state index in [-0.39, 0.29) is 23.8 Å². The highest BCUT2D eigenvalue weighted by molar-refractivity contribution is 6.04. The molecule has 1 atom stereocenters. The van der Waals surface area contributed by atoms with Gasteiger partial charge in [-0.25, -0.2) is 9.78 Å². The average molecular weight is 455 g/mol. The fourth-order valence-electron chi connectivity index (χ4n) is 3.54. The quantitative estimate of drug-likeness (QED) is 0.390. The molecule has 0 saturated carbocycles. The monoisotopic (exact) mass is 454 g/mol. The van der Waals surface area contributed by atoms with Crippen molar-refractivity contribution in [2.75, 3.05) is 11.9 Å². The lowest BCUT2D eigenvalue weighted by molar-refractivity contribution is -0.124. The Kier molecular flexibility index (Phi) is 7.15. The summed E-state index contributed by atoms with van der Waals surface area (Å²) >= 11 is 0. The summed E-state index contributed by atoms with van der Waals surface area (Å²) in [5.74, 6) is 0.294. The van der Waals surface area contributed by atoms with Gasteiger partial charge in [0.05, 0.1) is 6.20 Å². The first kappa shape index (κ1) is 24.0. The summed E-state index contributed by atoms with van der Waals surface area (Å²) in [5.41, 5.74) is 0.831. The molecule has 33 heavy (non-hydrogen) atoms. The Morgan fingerprint density at radius 1 is 1.24 bits per heavy atom. The molecule has 10 nitrogen and oxygen atoms in total. The first-order chi connectivity index (χ1) is 15.6. The summed E-state index contributed by atoms with van der Waals surface area (Å²) in [6.07, 6.45) is 1.93. The molecule has 176 valence electrons. The van der Waals surface area contributed by atoms with Gasteiger partial charge in [0.1, 0.15) is 29.0 Å². The Bertz CT molecular complexity index is 1100. The molecule has 0 bridgehead atoms. The van der Waals surface area contributed by atoms with E-state index in [0.29, 0.717) is 36.5 Å². The molecule has 1 aliphatic heterocycles. The molecule has 1 aromatic heterocycles. The highest BCUT2D eigenvalue weighted by Gasteiger charge is 2.30. The number of hydrogen-bond acceptors (Lipinski definition) is 7. The fraction of sp³-hybridized carbons (Fsp3) is 0.435. The van der Waals surface area contributed by atoms with E-state index in [0.717, 1.165) is 5.56 Å². The normalized spacial score (nSPS) is 14.8. The highest BCUT2D eigenvalue weighted by Crippen LogP contribution is 2.23. The van der Waals surface area contributed by atoms with Gasteiger partial charge in [0.15, 0.2) is 0 Å². The van der Waals surface area contributed by atoms with E-state index >= 15 is 0 Å². The second-order valence-electron chi connectivity index (χ2n) is 8.76. The fourth-order valence-corrected chi connectivity index (χ4v) is 3.54. The smallest absolute Gasteiger partial charge is 0.413 e. The topological polar surface area (TPSA) is 138 Å². The van der Waals surface area contributed by atoms with Gasteiger partial charge in [-0.3, -0.25) is 24.9 Å². The SMILES string of the molecule is CCNc1cnc2n(c1=O)C(C(=O)NCc1ccc(C(=N)NC(=O)OC(C)(C)C)cc1)CC2. The molecule has 1 unspecified atom stereocenters. The number of carbonyl (C=O) groups excluding carboxylic acids is 2. The molecule has 0 aliphatic carbocycles. The summed E-state index contributed by atoms with van der Waals surface area (Å²) in [5, 5.41) is 16.3. The molecule has 0 spiro atoms. The van der Waals surface area contributed by atoms with Crippen LogP contribution < -0.4 is 21.5 Å². The van der Waals surface area contributed by atoms with Crippen LogP contribution in [0, 0.1) is 5.41 Å². The first-order valence-corrected chi connectivity index (χ1v) is 10.9. The zero-order chi connectivity index (χ0) is 24.2. The van der Waals surface area contributed by atoms with Gasteiger partial charge >= 0.3 is 6.09 Å². The van der Waals surface area contributed by atoms with Gasteiger partial charge in [-0.05, 0) is 39.7 Å². The van der Waals surface area contributed by atoms with Crippen molar-refractivity contribution in [3.63, 3.8) is 0 Å². The predicted octanol–water partition coefficient (Wildman–Crippen LogP) is 2.33. The number of amidine groups is 1. The van der Waals surface area contributed by atoms with Crippen LogP contribution in [0.3, 0.4) is 0 Å². The van der Waals surface area contributed by atoms with Crippen LogP contribution in [0.25, 0.3) is 0 Å². The second kappa shape index (κ2) is 9.85. The maximum absolute atomic E-state index is 12.8. The molecule has 4 N–H and O–H groups in total. The Morgan fingerprint density at radius 3 is 2.58 bits per heavy atom. The van der Waals surface area contributed by atoms with Gasteiger partial charge in [0.2, 0.25) is 5.91 Å². The second-order valence-corrected chi connectivity index (χ2v) is 8.76. The predicted molar refractivity (Wildman–Crippen MR) is 125 cm³/mol. The van der Waals surface area contributed by atoms with Crippen LogP contribution in [-0.4, -0.2) is 39.5 Å². The van der Waals surface area contributed by atoms with E-state index in [1.165, 1.54) is 10.8 Å². The van der Waals surface area contributed by atoms with Gasteiger partial charge in [-0.15, -0.1) is 0 Å². The van der Waals surface area contributed by atoms with Gasteiger partial charge in [-0.1, -0.05) is 24.3 Å². The third-order valence-corrected chi connectivity index (χ3v) is 5.03. The Morgan fingerprint density at radius 2 is 1.94 bits per heavy atom. The van der Waals surface area contributed by atoms with Crippen LogP contribution in [-0.2, 0) is 22.5 Å². The molecule has 2 aromatic rings. The number of nitrogens with one attached hydrogen (secondary N) is 4. The molecule has 0 fully saturated rings. The first-order valence-electron chi connectivity index (χ1n) is 10.9. The van der Waals surface area contributed by atoms with E-state index in [1.54, 1.807) is 45.0 Å². The van der Waals surface area contributed by atoms with E-state index in [9.17, 15) is 14.4 Å². The average Bonchev–Trinajstić information content (AvgIpc) is 3.18. The molecule has 1 aromatic carbocycles. The molecule has 3 rings (SSSR count). The molecular weight excluding hydrogens is 424 g/mol. The van der Waals surface area contributed by atoms with Crippen LogP contribution in [0.5, 0.6) is 0 Å². The molecule has 10 heteroatoms. The lowest BCUT2D eigenvalue weighted by Crippen LogP contribution is -2.36. The molecule has 0 radical (unpaired) electrons. The number of anilines is 1. The Balaban J connectivity index is 1.59. The maximum Gasteiger partial charge on any atom is 0.413 e. The van der Waals surface area contributed by atoms with Gasteiger partial charge in [-0.2, -0.15) is 0 Å². The number of rotatable bonds is 6. The number of ether oxygens (including phenoxy) is 1. The van der Waals surface area contributed by atoms with Gasteiger partial charge in [0.25, 0.3) is 5.56 Å². The summed E-state index contributed by atoms with van der Waals surface area (Å²) in [4.78, 5) is 41.7. The third-order valence-electron chi connectivity index (χ3n) is 5.03. The zero-order valence-corrected chi connectivity index (χ0v) is 19.3. The number of benzene rings is 1. The summed E-state index contributed by atoms with van der Waals surface area (Å²) < 4.78 is 6.62. The van der Waals surface area contributed by atoms with Crippen molar-refractivity contribution in [2.45, 2.75) is 58.7 Å². The number of hydrogen-bond donors (Lipinski definition) is 4. The molecule has 2 heterocycles. The van der Waals surface area contributed by atoms with Crippen LogP contribution in [0.15, 0.2) is 35.3 Å². The van der Waals surface area contributed by atoms with Crippen molar-refractivity contribution in [1.82, 2.24) is 20.2 Å². The van der Waals surface area contributed by atoms with E-state index < -0.39 is 17.7 Å². The van der Waals surface area contributed by atoms with Crippen molar-refractivity contribution < 1.29 is 14.3 Å². The lowest BCUT2D eigenvalue weighted by Gasteiger charge is -2.19. The van der Waals surface area contributed by atoms with Crippen LogP contribution in [0.4, 0.5) is 10.5 Å². The minimum Gasteiger partial charge on any atom is -0.444 e. The maximum atomic E-state index is 12.8. The van der Waals surface area contributed by atoms with Crippen molar-refractivity contribution >= 4 is 23.5 Å². The van der Waals surface area contributed by atoms with E-state index in [1.807, 2.05) is 6.92 Å². The Hall–Kier alpha value is -3.69. The number of carbonyl (C=O) groups is 2. The van der Waals surface area contributed by atoms with Crippen molar-refractivity contribution in [3.8, 4) is 0 Å². The number of aromatic nitrogens is 2. The molecule has 1 aliphatic rings. The standard InChI is InChI=1S/C23H30N6O4/c1-5-25-16-13-26-18-11-10-17(29(18)21(16)31)20(30)27-12-14-6-8-15(9-7-14)19(24)28-22(32)33-23(2,3)4/h6-9,13,17,25H,5,10-12H2,1-4H3,(H,27,30)(H2,24,28,32). The highest BCUT2D eigenvalue weighted by atomic mass is 16.6. The summed E-state index contributed by atoms with van der Waals surface area (Å²) in [6, 6.07) is 6.30. The molecule has 2 amide bonds. The largest absolute Gasteiger partial charge is 0.444 e. The molecular formula is C23H30N6O4. The number of aryl methyl sites for hydroxylation is 1. The van der Waals surface area contributed by atoms with Gasteiger partial charge < -0.3 is 15.4 Å². The zero-order valence-electron chi connectivity index (χ0n) is 19.3. The van der Waals surface area contributed by atoms with E-state index in [2.05, 4.69) is 20.9 Å². The minimum atomic E-state index is -0.692. The molecule has 0 saturated heterocycles. The van der Waals surface area contributed by atoms with Crippen molar-refractivity contribution in [1.29, 1.82) is 5.41 Å². The van der Waals surface area contributed by atoms with Crippen LogP contribution in [0.2, 0.25) is 0 Å². The van der Waals surface area contributed by atoms with Crippen molar-refractivity contribution in [3.05, 3.63) is 57.8 Å². The Labute approximate surface area is 192 Å². The number of nitrogens with zero attached hydrogens (tertiary/aromatic N) is 2. The van der Waals surface area contributed by atoms with Crippen molar-refractivity contribution in [2.24, 2.45) is 0 Å².